The third kappa shape index (κ3) is 6.58. The van der Waals surface area contributed by atoms with E-state index >= 15 is 0 Å². The third-order valence-electron chi connectivity index (χ3n) is 7.11. The Bertz CT molecular complexity index is 1030. The normalized spacial score (nSPS) is 18.3. The Hall–Kier alpha value is -2.90. The van der Waals surface area contributed by atoms with E-state index in [2.05, 4.69) is 98.5 Å². The molecule has 0 saturated heterocycles. The van der Waals surface area contributed by atoms with Gasteiger partial charge in [0.2, 0.25) is 0 Å². The van der Waals surface area contributed by atoms with Crippen molar-refractivity contribution >= 4 is 0 Å². The molecule has 3 aromatic carbocycles. The minimum Gasteiger partial charge on any atom is -0.373 e. The monoisotopic (exact) mass is 450 g/mol. The highest BCUT2D eigenvalue weighted by Crippen LogP contribution is 2.38. The van der Waals surface area contributed by atoms with Crippen molar-refractivity contribution in [2.24, 2.45) is 5.92 Å². The molecule has 0 radical (unpaired) electrons. The van der Waals surface area contributed by atoms with Crippen LogP contribution < -0.4 is 0 Å². The third-order valence-corrected chi connectivity index (χ3v) is 7.11. The van der Waals surface area contributed by atoms with Gasteiger partial charge >= 0.3 is 0 Å². The second kappa shape index (κ2) is 12.5. The number of allylic oxidation sites excluding steroid dienone is 2. The number of rotatable bonds is 10. The van der Waals surface area contributed by atoms with Crippen LogP contribution in [0.5, 0.6) is 0 Å². The molecule has 0 N–H and O–H groups in total. The van der Waals surface area contributed by atoms with Crippen LogP contribution >= 0.6 is 0 Å². The molecule has 34 heavy (non-hydrogen) atoms. The fourth-order valence-corrected chi connectivity index (χ4v) is 5.04. The molecule has 0 spiro atoms. The van der Waals surface area contributed by atoms with Crippen LogP contribution in [-0.2, 0) is 11.3 Å². The Labute approximate surface area is 206 Å². The first-order valence-electron chi connectivity index (χ1n) is 12.9. The van der Waals surface area contributed by atoms with Crippen molar-refractivity contribution in [2.45, 2.75) is 58.0 Å². The Morgan fingerprint density at radius 1 is 0.735 bits per heavy atom. The molecule has 1 aliphatic carbocycles. The van der Waals surface area contributed by atoms with Gasteiger partial charge in [-0.25, -0.2) is 0 Å². The first-order chi connectivity index (χ1) is 16.8. The molecule has 0 bridgehead atoms. The van der Waals surface area contributed by atoms with E-state index in [0.717, 1.165) is 18.3 Å². The molecule has 0 unspecified atom stereocenters. The maximum Gasteiger partial charge on any atom is 0.0721 e. The molecular weight excluding hydrogens is 412 g/mol. The molecular formula is C33H38O. The van der Waals surface area contributed by atoms with Gasteiger partial charge in [-0.15, -0.1) is 6.58 Å². The molecule has 0 atom stereocenters. The fourth-order valence-electron chi connectivity index (χ4n) is 5.04. The predicted molar refractivity (Wildman–Crippen MR) is 146 cm³/mol. The van der Waals surface area contributed by atoms with Gasteiger partial charge in [-0.3, -0.25) is 0 Å². The van der Waals surface area contributed by atoms with E-state index in [4.69, 9.17) is 4.74 Å². The van der Waals surface area contributed by atoms with E-state index in [-0.39, 0.29) is 0 Å². The van der Waals surface area contributed by atoms with Crippen molar-refractivity contribution < 1.29 is 4.74 Å². The van der Waals surface area contributed by atoms with Crippen LogP contribution in [0.4, 0.5) is 0 Å². The van der Waals surface area contributed by atoms with E-state index in [1.165, 1.54) is 65.5 Å². The van der Waals surface area contributed by atoms with Crippen molar-refractivity contribution in [1.29, 1.82) is 0 Å². The van der Waals surface area contributed by atoms with Gasteiger partial charge in [0.05, 0.1) is 13.2 Å². The average molecular weight is 451 g/mol. The van der Waals surface area contributed by atoms with E-state index in [1.54, 1.807) is 6.08 Å². The molecule has 1 aliphatic rings. The molecule has 4 rings (SSSR count). The van der Waals surface area contributed by atoms with Crippen molar-refractivity contribution in [1.82, 2.24) is 0 Å². The summed E-state index contributed by atoms with van der Waals surface area (Å²) < 4.78 is 5.53. The molecule has 1 fully saturated rings. The van der Waals surface area contributed by atoms with E-state index in [9.17, 15) is 0 Å². The van der Waals surface area contributed by atoms with Crippen LogP contribution in [0.3, 0.4) is 0 Å². The number of benzene rings is 3. The summed E-state index contributed by atoms with van der Waals surface area (Å²) >= 11 is 0. The zero-order valence-electron chi connectivity index (χ0n) is 20.6. The molecule has 176 valence electrons. The van der Waals surface area contributed by atoms with Gasteiger partial charge in [-0.05, 0) is 83.7 Å². The van der Waals surface area contributed by atoms with E-state index < -0.39 is 0 Å². The van der Waals surface area contributed by atoms with Gasteiger partial charge in [0.15, 0.2) is 0 Å². The molecule has 1 saturated carbocycles. The summed E-state index contributed by atoms with van der Waals surface area (Å²) in [5.41, 5.74) is 7.74. The van der Waals surface area contributed by atoms with Crippen LogP contribution in [-0.4, -0.2) is 6.61 Å². The lowest BCUT2D eigenvalue weighted by Crippen LogP contribution is -2.12. The van der Waals surface area contributed by atoms with E-state index in [0.29, 0.717) is 13.2 Å². The summed E-state index contributed by atoms with van der Waals surface area (Å²) in [6.07, 6.45) is 14.3. The van der Waals surface area contributed by atoms with Gasteiger partial charge in [0, 0.05) is 0 Å². The number of hydrogen-bond acceptors (Lipinski definition) is 1. The highest BCUT2D eigenvalue weighted by atomic mass is 16.5. The summed E-state index contributed by atoms with van der Waals surface area (Å²) in [5, 5.41) is 0. The molecule has 0 aliphatic heterocycles. The highest BCUT2D eigenvalue weighted by molar-refractivity contribution is 5.70. The number of ether oxygens (including phenoxy) is 1. The molecule has 0 heterocycles. The van der Waals surface area contributed by atoms with E-state index in [1.807, 2.05) is 0 Å². The van der Waals surface area contributed by atoms with Crippen molar-refractivity contribution in [2.75, 3.05) is 6.61 Å². The zero-order valence-corrected chi connectivity index (χ0v) is 20.6. The van der Waals surface area contributed by atoms with Crippen LogP contribution in [0.25, 0.3) is 22.3 Å². The van der Waals surface area contributed by atoms with Crippen molar-refractivity contribution in [3.8, 4) is 22.3 Å². The summed E-state index contributed by atoms with van der Waals surface area (Å²) in [6, 6.07) is 26.9. The minimum absolute atomic E-state index is 0.586. The number of hydrogen-bond donors (Lipinski definition) is 0. The van der Waals surface area contributed by atoms with Crippen LogP contribution in [0.15, 0.2) is 97.6 Å². The van der Waals surface area contributed by atoms with Crippen molar-refractivity contribution in [3.63, 3.8) is 0 Å². The highest BCUT2D eigenvalue weighted by Gasteiger charge is 2.21. The quantitative estimate of drug-likeness (QED) is 0.221. The lowest BCUT2D eigenvalue weighted by molar-refractivity contribution is 0.149. The van der Waals surface area contributed by atoms with Gasteiger partial charge in [0.1, 0.15) is 0 Å². The van der Waals surface area contributed by atoms with Gasteiger partial charge in [0.25, 0.3) is 0 Å². The Balaban J connectivity index is 1.33. The van der Waals surface area contributed by atoms with Crippen molar-refractivity contribution in [3.05, 3.63) is 109 Å². The fraction of sp³-hybridized carbons (Fsp3) is 0.333. The van der Waals surface area contributed by atoms with Gasteiger partial charge in [-0.1, -0.05) is 97.9 Å². The van der Waals surface area contributed by atoms with Crippen LogP contribution in [0.2, 0.25) is 0 Å². The summed E-state index contributed by atoms with van der Waals surface area (Å²) in [6.45, 7) is 7.11. The molecule has 0 aromatic heterocycles. The van der Waals surface area contributed by atoms with Crippen LogP contribution in [0.1, 0.15) is 62.5 Å². The van der Waals surface area contributed by atoms with Gasteiger partial charge in [-0.2, -0.15) is 0 Å². The largest absolute Gasteiger partial charge is 0.373 e. The SMILES string of the molecule is C=CCOCc1ccc(-c2ccc(-c3ccc([C@H]4CC[C@H](CC=CCC)CC4)cc3)cc2)cc1. The second-order valence-electron chi connectivity index (χ2n) is 9.53. The lowest BCUT2D eigenvalue weighted by atomic mass is 9.77. The lowest BCUT2D eigenvalue weighted by Gasteiger charge is -2.28. The average Bonchev–Trinajstić information content (AvgIpc) is 2.90. The standard InChI is InChI=1S/C33H38O/c1-3-5-6-7-26-8-12-28(13-9-26)30-16-20-32(21-17-30)33-22-18-31(19-23-33)29-14-10-27(11-15-29)25-34-24-4-2/h4-6,10-11,14-23,26,28H,2-3,7-9,12-13,24-25H2,1H3/t26-,28-. The topological polar surface area (TPSA) is 9.23 Å². The maximum atomic E-state index is 5.53. The molecule has 1 nitrogen and oxygen atoms in total. The first-order valence-corrected chi connectivity index (χ1v) is 12.9. The first kappa shape index (κ1) is 24.2. The molecule has 3 aromatic rings. The zero-order chi connectivity index (χ0) is 23.6. The maximum absolute atomic E-state index is 5.53. The summed E-state index contributed by atoms with van der Waals surface area (Å²) in [5.74, 6) is 1.62. The summed E-state index contributed by atoms with van der Waals surface area (Å²) in [7, 11) is 0. The predicted octanol–water partition coefficient (Wildman–Crippen LogP) is 9.35. The summed E-state index contributed by atoms with van der Waals surface area (Å²) in [4.78, 5) is 0. The van der Waals surface area contributed by atoms with Gasteiger partial charge < -0.3 is 4.74 Å². The van der Waals surface area contributed by atoms with Crippen LogP contribution in [0, 0.1) is 5.92 Å². The molecule has 1 heteroatoms. The minimum atomic E-state index is 0.586. The Morgan fingerprint density at radius 3 is 1.79 bits per heavy atom. The second-order valence-corrected chi connectivity index (χ2v) is 9.53. The Morgan fingerprint density at radius 2 is 1.26 bits per heavy atom. The molecule has 0 amide bonds. The Kier molecular flexibility index (Phi) is 8.93. The smallest absolute Gasteiger partial charge is 0.0721 e.